The summed E-state index contributed by atoms with van der Waals surface area (Å²) in [7, 11) is 1.79. The van der Waals surface area contributed by atoms with E-state index < -0.39 is 0 Å². The Labute approximate surface area is 199 Å². The van der Waals surface area contributed by atoms with Crippen molar-refractivity contribution in [2.75, 3.05) is 64.4 Å². The molecule has 2 saturated heterocycles. The van der Waals surface area contributed by atoms with Gasteiger partial charge in [-0.05, 0) is 36.6 Å². The fourth-order valence-electron chi connectivity index (χ4n) is 4.89. The van der Waals surface area contributed by atoms with E-state index in [2.05, 4.69) is 81.5 Å². The van der Waals surface area contributed by atoms with Crippen LogP contribution >= 0.6 is 0 Å². The van der Waals surface area contributed by atoms with Gasteiger partial charge in [-0.2, -0.15) is 0 Å². The number of guanidine groups is 1. The monoisotopic (exact) mass is 449 g/mol. The minimum absolute atomic E-state index is 0.598. The van der Waals surface area contributed by atoms with E-state index in [4.69, 9.17) is 9.73 Å². The number of hydrogen-bond donors (Lipinski definition) is 1. The lowest BCUT2D eigenvalue weighted by Crippen LogP contribution is -2.46. The average molecular weight is 450 g/mol. The molecule has 0 aromatic heterocycles. The molecule has 1 unspecified atom stereocenters. The maximum absolute atomic E-state index is 5.37. The molecule has 2 heterocycles. The summed E-state index contributed by atoms with van der Waals surface area (Å²) in [4.78, 5) is 12.5. The van der Waals surface area contributed by atoms with Gasteiger partial charge in [0.2, 0.25) is 0 Å². The molecule has 0 aliphatic carbocycles. The lowest BCUT2D eigenvalue weighted by molar-refractivity contribution is 0.157. The lowest BCUT2D eigenvalue weighted by atomic mass is 10.1. The number of benzene rings is 2. The topological polar surface area (TPSA) is 43.3 Å². The number of methoxy groups -OCH3 is 1. The van der Waals surface area contributed by atoms with Crippen molar-refractivity contribution in [1.82, 2.24) is 15.1 Å². The molecule has 6 nitrogen and oxygen atoms in total. The van der Waals surface area contributed by atoms with Gasteiger partial charge < -0.3 is 19.9 Å². The molecule has 6 heteroatoms. The van der Waals surface area contributed by atoms with Crippen LogP contribution in [0.5, 0.6) is 0 Å². The highest BCUT2D eigenvalue weighted by Gasteiger charge is 2.25. The highest BCUT2D eigenvalue weighted by Crippen LogP contribution is 2.20. The molecule has 4 rings (SSSR count). The summed E-state index contributed by atoms with van der Waals surface area (Å²) < 4.78 is 5.37. The number of para-hydroxylation sites is 1. The van der Waals surface area contributed by atoms with Crippen LogP contribution in [0.3, 0.4) is 0 Å². The van der Waals surface area contributed by atoms with E-state index in [0.717, 1.165) is 64.9 Å². The fraction of sp³-hybridized carbons (Fsp3) is 0.519. The smallest absolute Gasteiger partial charge is 0.194 e. The summed E-state index contributed by atoms with van der Waals surface area (Å²) in [5.74, 6) is 1.63. The molecule has 1 atom stereocenters. The summed E-state index contributed by atoms with van der Waals surface area (Å²) in [6, 6.07) is 19.6. The number of anilines is 1. The van der Waals surface area contributed by atoms with Crippen molar-refractivity contribution < 1.29 is 4.74 Å². The summed E-state index contributed by atoms with van der Waals surface area (Å²) in [5, 5.41) is 3.50. The molecule has 0 bridgehead atoms. The van der Waals surface area contributed by atoms with Gasteiger partial charge in [-0.1, -0.05) is 42.5 Å². The van der Waals surface area contributed by atoms with E-state index in [9.17, 15) is 0 Å². The second-order valence-electron chi connectivity index (χ2n) is 9.09. The van der Waals surface area contributed by atoms with Gasteiger partial charge in [0.25, 0.3) is 0 Å². The maximum Gasteiger partial charge on any atom is 0.194 e. The first-order valence-corrected chi connectivity index (χ1v) is 12.4. The first-order valence-electron chi connectivity index (χ1n) is 12.4. The molecule has 0 saturated carbocycles. The van der Waals surface area contributed by atoms with Crippen LogP contribution < -0.4 is 10.2 Å². The lowest BCUT2D eigenvalue weighted by Gasteiger charge is -2.36. The first kappa shape index (κ1) is 23.6. The number of aliphatic imine (C=N–C) groups is 1. The second kappa shape index (κ2) is 12.1. The van der Waals surface area contributed by atoms with Crippen molar-refractivity contribution in [3.05, 3.63) is 65.7 Å². The van der Waals surface area contributed by atoms with Gasteiger partial charge in [-0.15, -0.1) is 0 Å². The van der Waals surface area contributed by atoms with Crippen LogP contribution in [-0.2, 0) is 17.8 Å². The fourth-order valence-corrected chi connectivity index (χ4v) is 4.89. The zero-order valence-corrected chi connectivity index (χ0v) is 20.2. The normalized spacial score (nSPS) is 19.8. The van der Waals surface area contributed by atoms with E-state index in [1.165, 1.54) is 23.2 Å². The Morgan fingerprint density at radius 1 is 0.970 bits per heavy atom. The van der Waals surface area contributed by atoms with E-state index >= 15 is 0 Å². The Kier molecular flexibility index (Phi) is 8.61. The minimum Gasteiger partial charge on any atom is -0.384 e. The van der Waals surface area contributed by atoms with E-state index in [1.54, 1.807) is 7.11 Å². The van der Waals surface area contributed by atoms with E-state index in [1.807, 2.05) is 0 Å². The Hall–Kier alpha value is -2.57. The van der Waals surface area contributed by atoms with Crippen LogP contribution in [0, 0.1) is 5.92 Å². The molecule has 0 amide bonds. The van der Waals surface area contributed by atoms with Gasteiger partial charge in [-0.25, -0.2) is 4.99 Å². The van der Waals surface area contributed by atoms with Crippen molar-refractivity contribution in [2.45, 2.75) is 26.4 Å². The predicted octanol–water partition coefficient (Wildman–Crippen LogP) is 3.44. The highest BCUT2D eigenvalue weighted by atomic mass is 16.5. The van der Waals surface area contributed by atoms with Crippen LogP contribution in [0.15, 0.2) is 59.6 Å². The molecule has 2 aliphatic heterocycles. The van der Waals surface area contributed by atoms with Crippen molar-refractivity contribution in [2.24, 2.45) is 10.9 Å². The number of piperazine rings is 1. The number of nitrogens with one attached hydrogen (secondary N) is 1. The summed E-state index contributed by atoms with van der Waals surface area (Å²) in [5.41, 5.74) is 4.05. The van der Waals surface area contributed by atoms with E-state index in [-0.39, 0.29) is 0 Å². The number of hydrogen-bond acceptors (Lipinski definition) is 4. The van der Waals surface area contributed by atoms with Crippen molar-refractivity contribution in [3.63, 3.8) is 0 Å². The molecule has 2 aliphatic rings. The van der Waals surface area contributed by atoms with Crippen LogP contribution in [0.2, 0.25) is 0 Å². The largest absolute Gasteiger partial charge is 0.384 e. The molecule has 178 valence electrons. The van der Waals surface area contributed by atoms with Gasteiger partial charge in [0, 0.05) is 71.1 Å². The van der Waals surface area contributed by atoms with Crippen molar-refractivity contribution in [1.29, 1.82) is 0 Å². The molecule has 1 N–H and O–H groups in total. The molecular formula is C27H39N5O. The standard InChI is InChI=1S/C27H39N5O/c1-3-28-27(32-14-13-23(20-32)22-33-2)29-19-24-9-7-8-10-25(24)21-30-15-17-31(18-16-30)26-11-5-4-6-12-26/h4-12,23H,3,13-22H2,1-2H3,(H,28,29). The van der Waals surface area contributed by atoms with Gasteiger partial charge in [-0.3, -0.25) is 4.90 Å². The van der Waals surface area contributed by atoms with Crippen LogP contribution in [0.25, 0.3) is 0 Å². The number of likely N-dealkylation sites (tertiary alicyclic amines) is 1. The number of ether oxygens (including phenoxy) is 1. The average Bonchev–Trinajstić information content (AvgIpc) is 3.32. The van der Waals surface area contributed by atoms with Crippen LogP contribution in [0.4, 0.5) is 5.69 Å². The third-order valence-corrected chi connectivity index (χ3v) is 6.73. The molecular weight excluding hydrogens is 410 g/mol. The Bertz CT molecular complexity index is 879. The maximum atomic E-state index is 5.37. The zero-order chi connectivity index (χ0) is 22.9. The Morgan fingerprint density at radius 2 is 1.70 bits per heavy atom. The summed E-state index contributed by atoms with van der Waals surface area (Å²) in [6.07, 6.45) is 1.17. The molecule has 33 heavy (non-hydrogen) atoms. The summed E-state index contributed by atoms with van der Waals surface area (Å²) >= 11 is 0. The molecule has 0 spiro atoms. The highest BCUT2D eigenvalue weighted by molar-refractivity contribution is 5.80. The van der Waals surface area contributed by atoms with Crippen molar-refractivity contribution >= 4 is 11.6 Å². The van der Waals surface area contributed by atoms with Gasteiger partial charge in [0.05, 0.1) is 13.2 Å². The van der Waals surface area contributed by atoms with Gasteiger partial charge in [0.1, 0.15) is 0 Å². The molecule has 2 fully saturated rings. The van der Waals surface area contributed by atoms with Crippen LogP contribution in [-0.4, -0.2) is 75.3 Å². The molecule has 2 aromatic rings. The predicted molar refractivity (Wildman–Crippen MR) is 137 cm³/mol. The molecule has 0 radical (unpaired) electrons. The SMILES string of the molecule is CCNC(=NCc1ccccc1CN1CCN(c2ccccc2)CC1)N1CCC(COC)C1. The Balaban J connectivity index is 1.36. The van der Waals surface area contributed by atoms with Gasteiger partial charge >= 0.3 is 0 Å². The molecule has 2 aromatic carbocycles. The zero-order valence-electron chi connectivity index (χ0n) is 20.2. The van der Waals surface area contributed by atoms with Gasteiger partial charge in [0.15, 0.2) is 5.96 Å². The van der Waals surface area contributed by atoms with E-state index in [0.29, 0.717) is 12.5 Å². The number of nitrogens with zero attached hydrogens (tertiary/aromatic N) is 4. The Morgan fingerprint density at radius 3 is 2.42 bits per heavy atom. The van der Waals surface area contributed by atoms with Crippen LogP contribution in [0.1, 0.15) is 24.5 Å². The first-order chi connectivity index (χ1) is 16.3. The number of rotatable bonds is 8. The third kappa shape index (κ3) is 6.49. The third-order valence-electron chi connectivity index (χ3n) is 6.73. The second-order valence-corrected chi connectivity index (χ2v) is 9.09. The summed E-state index contributed by atoms with van der Waals surface area (Å²) in [6.45, 7) is 12.0. The quantitative estimate of drug-likeness (QED) is 0.494. The minimum atomic E-state index is 0.598. The van der Waals surface area contributed by atoms with Crippen molar-refractivity contribution in [3.8, 4) is 0 Å².